The van der Waals surface area contributed by atoms with Crippen LogP contribution in [-0.2, 0) is 6.42 Å². The number of hydrogen-bond donors (Lipinski definition) is 1. The van der Waals surface area contributed by atoms with Crippen molar-refractivity contribution in [1.82, 2.24) is 15.0 Å². The fourth-order valence-corrected chi connectivity index (χ4v) is 4.96. The van der Waals surface area contributed by atoms with Crippen molar-refractivity contribution in [2.24, 2.45) is 11.7 Å². The van der Waals surface area contributed by atoms with E-state index in [1.54, 1.807) is 6.07 Å². The quantitative estimate of drug-likeness (QED) is 0.550. The Morgan fingerprint density at radius 2 is 1.86 bits per heavy atom. The van der Waals surface area contributed by atoms with E-state index in [-0.39, 0.29) is 17.5 Å². The Hall–Kier alpha value is -3.33. The van der Waals surface area contributed by atoms with Gasteiger partial charge < -0.3 is 20.3 Å². The van der Waals surface area contributed by atoms with Crippen LogP contribution in [0, 0.1) is 17.6 Å². The molecular weight excluding hydrogens is 462 g/mol. The molecule has 2 N–H and O–H groups in total. The van der Waals surface area contributed by atoms with E-state index in [9.17, 15) is 8.78 Å². The highest BCUT2D eigenvalue weighted by atomic mass is 19.1. The van der Waals surface area contributed by atoms with Gasteiger partial charge in [0.25, 0.3) is 0 Å². The van der Waals surface area contributed by atoms with Crippen LogP contribution < -0.4 is 20.3 Å². The molecule has 2 aromatic heterocycles. The maximum atomic E-state index is 14.9. The van der Waals surface area contributed by atoms with Gasteiger partial charge in [-0.3, -0.25) is 4.98 Å². The molecule has 0 spiro atoms. The van der Waals surface area contributed by atoms with Crippen LogP contribution in [0.5, 0.6) is 5.75 Å². The minimum atomic E-state index is -0.602. The minimum absolute atomic E-state index is 0.0652. The summed E-state index contributed by atoms with van der Waals surface area (Å²) in [5.41, 5.74) is 8.69. The fraction of sp³-hybridized carbons (Fsp3) is 0.444. The zero-order chi connectivity index (χ0) is 25.2. The third-order valence-corrected chi connectivity index (χ3v) is 7.06. The van der Waals surface area contributed by atoms with E-state index in [0.717, 1.165) is 50.1 Å². The van der Waals surface area contributed by atoms with Crippen molar-refractivity contribution in [3.8, 4) is 17.0 Å². The summed E-state index contributed by atoms with van der Waals surface area (Å²) in [6.45, 7) is 7.80. The number of pyridine rings is 1. The molecule has 0 aliphatic carbocycles. The second kappa shape index (κ2) is 10.3. The first-order valence-electron chi connectivity index (χ1n) is 12.6. The SMILES string of the molecule is CC(C)N1CCOc2c(F)cc(-c3nc(Cc4ccc(N5CCC(CN)CC5)cn4)ncc3F)cc21. The van der Waals surface area contributed by atoms with Gasteiger partial charge in [0.15, 0.2) is 17.4 Å². The third-order valence-electron chi connectivity index (χ3n) is 7.06. The molecule has 0 unspecified atom stereocenters. The van der Waals surface area contributed by atoms with Gasteiger partial charge in [-0.15, -0.1) is 0 Å². The van der Waals surface area contributed by atoms with Crippen LogP contribution in [-0.4, -0.2) is 53.8 Å². The number of nitrogens with two attached hydrogens (primary N) is 1. The molecule has 4 heterocycles. The molecule has 9 heteroatoms. The predicted octanol–water partition coefficient (Wildman–Crippen LogP) is 4.19. The molecule has 1 fully saturated rings. The molecule has 0 radical (unpaired) electrons. The summed E-state index contributed by atoms with van der Waals surface area (Å²) in [4.78, 5) is 17.6. The number of piperidine rings is 1. The topological polar surface area (TPSA) is 80.4 Å². The van der Waals surface area contributed by atoms with E-state index in [1.165, 1.54) is 6.07 Å². The molecule has 190 valence electrons. The van der Waals surface area contributed by atoms with E-state index in [4.69, 9.17) is 10.5 Å². The Morgan fingerprint density at radius 3 is 2.56 bits per heavy atom. The van der Waals surface area contributed by atoms with Crippen LogP contribution in [0.3, 0.4) is 0 Å². The molecule has 1 saturated heterocycles. The molecule has 0 atom stereocenters. The van der Waals surface area contributed by atoms with E-state index in [1.807, 2.05) is 26.1 Å². The Kier molecular flexibility index (Phi) is 7.00. The summed E-state index contributed by atoms with van der Waals surface area (Å²) >= 11 is 0. The van der Waals surface area contributed by atoms with Gasteiger partial charge in [-0.05, 0) is 63.4 Å². The van der Waals surface area contributed by atoms with Crippen molar-refractivity contribution in [3.05, 3.63) is 59.8 Å². The molecular formula is C27H32F2N6O. The first-order chi connectivity index (χ1) is 17.4. The first kappa shape index (κ1) is 24.4. The van der Waals surface area contributed by atoms with Crippen LogP contribution in [0.15, 0.2) is 36.7 Å². The lowest BCUT2D eigenvalue weighted by atomic mass is 9.97. The van der Waals surface area contributed by atoms with Gasteiger partial charge in [0.2, 0.25) is 0 Å². The highest BCUT2D eigenvalue weighted by Gasteiger charge is 2.26. The van der Waals surface area contributed by atoms with Crippen LogP contribution in [0.4, 0.5) is 20.2 Å². The number of aromatic nitrogens is 3. The van der Waals surface area contributed by atoms with Crippen molar-refractivity contribution in [1.29, 1.82) is 0 Å². The molecule has 36 heavy (non-hydrogen) atoms. The second-order valence-electron chi connectivity index (χ2n) is 9.78. The maximum absolute atomic E-state index is 14.9. The number of benzene rings is 1. The molecule has 0 bridgehead atoms. The zero-order valence-corrected chi connectivity index (χ0v) is 20.8. The summed E-state index contributed by atoms with van der Waals surface area (Å²) in [6, 6.07) is 7.17. The van der Waals surface area contributed by atoms with E-state index in [2.05, 4.69) is 30.8 Å². The number of hydrogen-bond acceptors (Lipinski definition) is 7. The van der Waals surface area contributed by atoms with Crippen LogP contribution in [0.2, 0.25) is 0 Å². The number of anilines is 2. The van der Waals surface area contributed by atoms with Crippen molar-refractivity contribution in [2.75, 3.05) is 42.6 Å². The lowest BCUT2D eigenvalue weighted by Crippen LogP contribution is -2.38. The molecule has 3 aromatic rings. The largest absolute Gasteiger partial charge is 0.486 e. The van der Waals surface area contributed by atoms with Crippen molar-refractivity contribution >= 4 is 11.4 Å². The van der Waals surface area contributed by atoms with Crippen molar-refractivity contribution < 1.29 is 13.5 Å². The third kappa shape index (κ3) is 4.97. The molecule has 1 aromatic carbocycles. The first-order valence-corrected chi connectivity index (χ1v) is 12.6. The van der Waals surface area contributed by atoms with Gasteiger partial charge in [0.05, 0.1) is 36.7 Å². The lowest BCUT2D eigenvalue weighted by Gasteiger charge is -2.34. The smallest absolute Gasteiger partial charge is 0.178 e. The number of halogens is 2. The van der Waals surface area contributed by atoms with Crippen molar-refractivity contribution in [2.45, 2.75) is 39.2 Å². The Balaban J connectivity index is 1.36. The number of nitrogens with zero attached hydrogens (tertiary/aromatic N) is 5. The van der Waals surface area contributed by atoms with Gasteiger partial charge in [0.1, 0.15) is 18.1 Å². The Bertz CT molecular complexity index is 1210. The van der Waals surface area contributed by atoms with Crippen LogP contribution in [0.25, 0.3) is 11.3 Å². The summed E-state index contributed by atoms with van der Waals surface area (Å²) in [5, 5.41) is 0. The summed E-state index contributed by atoms with van der Waals surface area (Å²) in [6.07, 6.45) is 5.53. The maximum Gasteiger partial charge on any atom is 0.178 e. The van der Waals surface area contributed by atoms with Gasteiger partial charge in [-0.25, -0.2) is 18.7 Å². The monoisotopic (exact) mass is 494 g/mol. The van der Waals surface area contributed by atoms with Crippen LogP contribution >= 0.6 is 0 Å². The average Bonchev–Trinajstić information content (AvgIpc) is 2.90. The zero-order valence-electron chi connectivity index (χ0n) is 20.8. The number of ether oxygens (including phenoxy) is 1. The van der Waals surface area contributed by atoms with Crippen molar-refractivity contribution in [3.63, 3.8) is 0 Å². The normalized spacial score (nSPS) is 16.3. The van der Waals surface area contributed by atoms with E-state index >= 15 is 0 Å². The Labute approximate surface area is 210 Å². The minimum Gasteiger partial charge on any atom is -0.486 e. The standard InChI is InChI=1S/C27H32F2N6O/c1-17(2)35-9-10-36-27-22(28)11-19(12-24(27)35)26-23(29)16-32-25(33-26)13-20-3-4-21(15-31-20)34-7-5-18(14-30)6-8-34/h3-4,11-12,15-18H,5-10,13-14,30H2,1-2H3. The number of fused-ring (bicyclic) bond motifs is 1. The highest BCUT2D eigenvalue weighted by Crippen LogP contribution is 2.39. The Morgan fingerprint density at radius 1 is 1.06 bits per heavy atom. The number of rotatable bonds is 6. The molecule has 2 aliphatic rings. The predicted molar refractivity (Wildman–Crippen MR) is 136 cm³/mol. The molecule has 2 aliphatic heterocycles. The fourth-order valence-electron chi connectivity index (χ4n) is 4.96. The van der Waals surface area contributed by atoms with Crippen LogP contribution in [0.1, 0.15) is 38.2 Å². The molecule has 5 rings (SSSR count). The summed E-state index contributed by atoms with van der Waals surface area (Å²) in [7, 11) is 0. The van der Waals surface area contributed by atoms with Gasteiger partial charge in [-0.1, -0.05) is 0 Å². The molecule has 0 amide bonds. The van der Waals surface area contributed by atoms with Gasteiger partial charge in [-0.2, -0.15) is 0 Å². The second-order valence-corrected chi connectivity index (χ2v) is 9.78. The van der Waals surface area contributed by atoms with E-state index < -0.39 is 11.6 Å². The average molecular weight is 495 g/mol. The van der Waals surface area contributed by atoms with Gasteiger partial charge >= 0.3 is 0 Å². The highest BCUT2D eigenvalue weighted by molar-refractivity contribution is 5.72. The van der Waals surface area contributed by atoms with Gasteiger partial charge in [0, 0.05) is 30.4 Å². The molecule has 7 nitrogen and oxygen atoms in total. The summed E-state index contributed by atoms with van der Waals surface area (Å²) in [5.74, 6) is 0.0913. The molecule has 0 saturated carbocycles. The van der Waals surface area contributed by atoms with E-state index in [0.29, 0.717) is 42.6 Å². The summed E-state index contributed by atoms with van der Waals surface area (Å²) < 4.78 is 35.3. The lowest BCUT2D eigenvalue weighted by molar-refractivity contribution is 0.287.